The highest BCUT2D eigenvalue weighted by Crippen LogP contribution is 2.20. The Morgan fingerprint density at radius 2 is 2.38 bits per heavy atom. The number of hydrogen-bond donors (Lipinski definition) is 1. The highest BCUT2D eigenvalue weighted by Gasteiger charge is 2.35. The van der Waals surface area contributed by atoms with Gasteiger partial charge in [0.05, 0.1) is 12.0 Å². The zero-order chi connectivity index (χ0) is 9.84. The van der Waals surface area contributed by atoms with Crippen molar-refractivity contribution in [2.45, 2.75) is 37.5 Å². The molecule has 0 aliphatic carbocycles. The maximum absolute atomic E-state index is 5.68. The van der Waals surface area contributed by atoms with Crippen molar-refractivity contribution in [3.63, 3.8) is 0 Å². The van der Waals surface area contributed by atoms with Crippen LogP contribution in [0.25, 0.3) is 0 Å². The van der Waals surface area contributed by atoms with E-state index in [4.69, 9.17) is 22.1 Å². The van der Waals surface area contributed by atoms with E-state index in [1.165, 1.54) is 0 Å². The SMILES string of the molecule is [B][C@@H]1OCC(OC(C)S)C1OCC. The zero-order valence-corrected chi connectivity index (χ0v) is 8.87. The summed E-state index contributed by atoms with van der Waals surface area (Å²) in [6.07, 6.45) is -0.262. The minimum Gasteiger partial charge on any atom is -0.382 e. The third kappa shape index (κ3) is 3.16. The fraction of sp³-hybridized carbons (Fsp3) is 1.00. The van der Waals surface area contributed by atoms with Crippen LogP contribution < -0.4 is 0 Å². The van der Waals surface area contributed by atoms with Crippen molar-refractivity contribution >= 4 is 20.5 Å². The molecule has 0 aromatic heterocycles. The molecule has 0 bridgehead atoms. The van der Waals surface area contributed by atoms with Gasteiger partial charge in [0.25, 0.3) is 0 Å². The summed E-state index contributed by atoms with van der Waals surface area (Å²) in [5, 5.41) is 0. The molecule has 1 aliphatic heterocycles. The van der Waals surface area contributed by atoms with E-state index in [0.29, 0.717) is 13.2 Å². The van der Waals surface area contributed by atoms with Crippen molar-refractivity contribution < 1.29 is 14.2 Å². The molecule has 0 N–H and O–H groups in total. The second-order valence-corrected chi connectivity index (χ2v) is 3.72. The molecule has 1 aliphatic rings. The van der Waals surface area contributed by atoms with Crippen LogP contribution in [-0.2, 0) is 14.2 Å². The van der Waals surface area contributed by atoms with Crippen molar-refractivity contribution in [3.8, 4) is 0 Å². The summed E-state index contributed by atoms with van der Waals surface area (Å²) < 4.78 is 16.1. The van der Waals surface area contributed by atoms with Crippen LogP contribution in [0.5, 0.6) is 0 Å². The van der Waals surface area contributed by atoms with Gasteiger partial charge >= 0.3 is 0 Å². The minimum atomic E-state index is -0.378. The summed E-state index contributed by atoms with van der Waals surface area (Å²) in [6, 6.07) is -0.378. The molecule has 0 aromatic rings. The molecule has 1 heterocycles. The van der Waals surface area contributed by atoms with E-state index in [-0.39, 0.29) is 23.6 Å². The van der Waals surface area contributed by atoms with E-state index < -0.39 is 0 Å². The molecule has 0 amide bonds. The van der Waals surface area contributed by atoms with Gasteiger partial charge in [-0.3, -0.25) is 0 Å². The van der Waals surface area contributed by atoms with E-state index >= 15 is 0 Å². The average Bonchev–Trinajstić information content (AvgIpc) is 2.35. The van der Waals surface area contributed by atoms with Crippen molar-refractivity contribution in [1.29, 1.82) is 0 Å². The lowest BCUT2D eigenvalue weighted by molar-refractivity contribution is -0.0510. The van der Waals surface area contributed by atoms with E-state index in [9.17, 15) is 0 Å². The molecular formula is C8H15BO3S. The van der Waals surface area contributed by atoms with E-state index in [0.717, 1.165) is 0 Å². The lowest BCUT2D eigenvalue weighted by atomic mass is 9.93. The van der Waals surface area contributed by atoms with Gasteiger partial charge in [-0.05, 0) is 13.8 Å². The molecule has 3 nitrogen and oxygen atoms in total. The van der Waals surface area contributed by atoms with Gasteiger partial charge in [0, 0.05) is 12.6 Å². The molecule has 1 saturated heterocycles. The van der Waals surface area contributed by atoms with Crippen LogP contribution in [0.1, 0.15) is 13.8 Å². The Morgan fingerprint density at radius 1 is 1.69 bits per heavy atom. The topological polar surface area (TPSA) is 27.7 Å². The van der Waals surface area contributed by atoms with Crippen LogP contribution in [0.4, 0.5) is 0 Å². The van der Waals surface area contributed by atoms with Gasteiger partial charge in [0.2, 0.25) is 0 Å². The predicted molar refractivity (Wildman–Crippen MR) is 54.2 cm³/mol. The Kier molecular flexibility index (Phi) is 4.59. The molecule has 4 atom stereocenters. The number of thiol groups is 1. The van der Waals surface area contributed by atoms with Crippen LogP contribution in [0.15, 0.2) is 0 Å². The van der Waals surface area contributed by atoms with Crippen molar-refractivity contribution in [2.24, 2.45) is 0 Å². The summed E-state index contributed by atoms with van der Waals surface area (Å²) in [5.41, 5.74) is -0.123. The second kappa shape index (κ2) is 5.24. The Morgan fingerprint density at radius 3 is 2.92 bits per heavy atom. The maximum Gasteiger partial charge on any atom is 0.112 e. The number of rotatable bonds is 4. The van der Waals surface area contributed by atoms with Gasteiger partial charge in [-0.1, -0.05) is 0 Å². The molecule has 3 unspecified atom stereocenters. The molecule has 1 fully saturated rings. The van der Waals surface area contributed by atoms with Gasteiger partial charge in [-0.25, -0.2) is 0 Å². The first-order valence-corrected chi connectivity index (χ1v) is 4.99. The molecule has 0 aromatic carbocycles. The van der Waals surface area contributed by atoms with Crippen LogP contribution in [-0.4, -0.2) is 44.7 Å². The fourth-order valence-electron chi connectivity index (χ4n) is 1.37. The molecule has 74 valence electrons. The summed E-state index contributed by atoms with van der Waals surface area (Å²) >= 11 is 4.14. The van der Waals surface area contributed by atoms with Crippen molar-refractivity contribution in [1.82, 2.24) is 0 Å². The smallest absolute Gasteiger partial charge is 0.112 e. The second-order valence-electron chi connectivity index (χ2n) is 2.99. The molecule has 13 heavy (non-hydrogen) atoms. The van der Waals surface area contributed by atoms with Crippen LogP contribution in [0, 0.1) is 0 Å². The third-order valence-electron chi connectivity index (χ3n) is 1.87. The van der Waals surface area contributed by atoms with Gasteiger partial charge < -0.3 is 14.2 Å². The van der Waals surface area contributed by atoms with E-state index in [2.05, 4.69) is 12.6 Å². The minimum absolute atomic E-state index is 0.0950. The fourth-order valence-corrected chi connectivity index (χ4v) is 1.53. The first-order valence-electron chi connectivity index (χ1n) is 4.47. The monoisotopic (exact) mass is 202 g/mol. The first kappa shape index (κ1) is 11.4. The Labute approximate surface area is 85.9 Å². The highest BCUT2D eigenvalue weighted by atomic mass is 32.1. The third-order valence-corrected chi connectivity index (χ3v) is 2.00. The lowest BCUT2D eigenvalue weighted by Crippen LogP contribution is -2.36. The first-order chi connectivity index (χ1) is 6.15. The lowest BCUT2D eigenvalue weighted by Gasteiger charge is -2.22. The highest BCUT2D eigenvalue weighted by molar-refractivity contribution is 7.80. The summed E-state index contributed by atoms with van der Waals surface area (Å²) in [5.74, 6) is 0. The quantitative estimate of drug-likeness (QED) is 0.410. The van der Waals surface area contributed by atoms with Crippen LogP contribution in [0.3, 0.4) is 0 Å². The normalized spacial score (nSPS) is 36.4. The zero-order valence-electron chi connectivity index (χ0n) is 7.97. The predicted octanol–water partition coefficient (Wildman–Crippen LogP) is 0.577. The Hall–Kier alpha value is 0.295. The van der Waals surface area contributed by atoms with Crippen LogP contribution in [0.2, 0.25) is 0 Å². The molecule has 0 spiro atoms. The van der Waals surface area contributed by atoms with Gasteiger partial charge in [0.15, 0.2) is 0 Å². The van der Waals surface area contributed by atoms with Crippen molar-refractivity contribution in [3.05, 3.63) is 0 Å². The van der Waals surface area contributed by atoms with Crippen molar-refractivity contribution in [2.75, 3.05) is 13.2 Å². The summed E-state index contributed by atoms with van der Waals surface area (Å²) in [7, 11) is 5.68. The van der Waals surface area contributed by atoms with E-state index in [1.807, 2.05) is 13.8 Å². The standard InChI is InChI=1S/C8H15BO3S/c1-3-10-7-6(12-5(2)13)4-11-8(7)9/h5-8,13H,3-4H2,1-2H3/t5?,6?,7?,8-/m1/s1. The van der Waals surface area contributed by atoms with Gasteiger partial charge in [-0.2, -0.15) is 0 Å². The molecule has 1 rings (SSSR count). The summed E-state index contributed by atoms with van der Waals surface area (Å²) in [4.78, 5) is 0. The molecule has 0 saturated carbocycles. The van der Waals surface area contributed by atoms with Gasteiger partial charge in [-0.15, -0.1) is 12.6 Å². The van der Waals surface area contributed by atoms with Crippen LogP contribution >= 0.6 is 12.6 Å². The molecule has 5 heteroatoms. The largest absolute Gasteiger partial charge is 0.382 e. The maximum atomic E-state index is 5.68. The van der Waals surface area contributed by atoms with E-state index in [1.54, 1.807) is 0 Å². The molecule has 2 radical (unpaired) electrons. The van der Waals surface area contributed by atoms with Gasteiger partial charge in [0.1, 0.15) is 20.1 Å². The summed E-state index contributed by atoms with van der Waals surface area (Å²) in [6.45, 7) is 4.88. The average molecular weight is 202 g/mol. The Bertz CT molecular complexity index is 156. The number of ether oxygens (including phenoxy) is 3. The Balaban J connectivity index is 2.43. The molecular weight excluding hydrogens is 187 g/mol. The number of hydrogen-bond acceptors (Lipinski definition) is 4.